The third-order valence-electron chi connectivity index (χ3n) is 4.22. The quantitative estimate of drug-likeness (QED) is 0.856. The van der Waals surface area contributed by atoms with Crippen molar-refractivity contribution in [1.29, 1.82) is 0 Å². The maximum Gasteiger partial charge on any atom is 0.0366 e. The van der Waals surface area contributed by atoms with E-state index in [1.165, 1.54) is 51.0 Å². The van der Waals surface area contributed by atoms with Crippen LogP contribution < -0.4 is 10.2 Å². The van der Waals surface area contributed by atoms with Gasteiger partial charge >= 0.3 is 0 Å². The fourth-order valence-corrected chi connectivity index (χ4v) is 3.16. The van der Waals surface area contributed by atoms with E-state index >= 15 is 0 Å². The van der Waals surface area contributed by atoms with Crippen LogP contribution in [0.1, 0.15) is 24.0 Å². The third kappa shape index (κ3) is 2.32. The molecule has 1 unspecified atom stereocenters. The van der Waals surface area contributed by atoms with Crippen LogP contribution >= 0.6 is 0 Å². The Morgan fingerprint density at radius 3 is 3.00 bits per heavy atom. The van der Waals surface area contributed by atoms with Crippen LogP contribution in [0.3, 0.4) is 0 Å². The molecule has 1 aromatic carbocycles. The van der Waals surface area contributed by atoms with Crippen LogP contribution in [0, 0.1) is 5.92 Å². The summed E-state index contributed by atoms with van der Waals surface area (Å²) >= 11 is 0. The molecule has 0 amide bonds. The number of rotatable bonds is 3. The van der Waals surface area contributed by atoms with E-state index in [1.54, 1.807) is 11.1 Å². The number of anilines is 1. The van der Waals surface area contributed by atoms with Crippen molar-refractivity contribution in [2.75, 3.05) is 31.6 Å². The van der Waals surface area contributed by atoms with Crippen molar-refractivity contribution in [3.05, 3.63) is 29.3 Å². The van der Waals surface area contributed by atoms with Crippen LogP contribution in [0.5, 0.6) is 0 Å². The fourth-order valence-electron chi connectivity index (χ4n) is 3.16. The van der Waals surface area contributed by atoms with Crippen molar-refractivity contribution in [1.82, 2.24) is 5.32 Å². The van der Waals surface area contributed by atoms with Crippen molar-refractivity contribution in [3.8, 4) is 0 Å². The Morgan fingerprint density at radius 1 is 1.29 bits per heavy atom. The molecule has 92 valence electrons. The summed E-state index contributed by atoms with van der Waals surface area (Å²) in [6, 6.07) is 7.04. The van der Waals surface area contributed by atoms with Gasteiger partial charge in [0.2, 0.25) is 0 Å². The zero-order valence-electron chi connectivity index (χ0n) is 10.7. The van der Waals surface area contributed by atoms with Crippen molar-refractivity contribution in [2.45, 2.75) is 25.7 Å². The second-order valence-corrected chi connectivity index (χ2v) is 5.55. The van der Waals surface area contributed by atoms with E-state index in [0.717, 1.165) is 5.92 Å². The zero-order valence-corrected chi connectivity index (χ0v) is 10.7. The summed E-state index contributed by atoms with van der Waals surface area (Å²) in [5.41, 5.74) is 4.56. The van der Waals surface area contributed by atoms with Crippen molar-refractivity contribution >= 4 is 5.69 Å². The molecule has 2 aliphatic rings. The van der Waals surface area contributed by atoms with Gasteiger partial charge in [0.05, 0.1) is 0 Å². The average molecular weight is 230 g/mol. The van der Waals surface area contributed by atoms with Gasteiger partial charge in [-0.15, -0.1) is 0 Å². The minimum atomic E-state index is 0.827. The Kier molecular flexibility index (Phi) is 3.06. The smallest absolute Gasteiger partial charge is 0.0366 e. The first-order chi connectivity index (χ1) is 8.33. The Balaban J connectivity index is 1.70. The van der Waals surface area contributed by atoms with Crippen LogP contribution in [0.4, 0.5) is 5.69 Å². The molecular formula is C15H22N2. The average Bonchev–Trinajstić information content (AvgIpc) is 2.97. The van der Waals surface area contributed by atoms with Gasteiger partial charge in [0, 0.05) is 19.3 Å². The van der Waals surface area contributed by atoms with Gasteiger partial charge in [0.25, 0.3) is 0 Å². The zero-order chi connectivity index (χ0) is 11.7. The largest absolute Gasteiger partial charge is 0.374 e. The molecule has 1 N–H and O–H groups in total. The molecule has 1 atom stereocenters. The van der Waals surface area contributed by atoms with Gasteiger partial charge in [-0.3, -0.25) is 0 Å². The summed E-state index contributed by atoms with van der Waals surface area (Å²) in [5, 5.41) is 3.44. The number of fused-ring (bicyclic) bond motifs is 1. The van der Waals surface area contributed by atoms with Crippen LogP contribution in [0.2, 0.25) is 0 Å². The molecular weight excluding hydrogens is 208 g/mol. The molecule has 0 aromatic heterocycles. The van der Waals surface area contributed by atoms with Crippen LogP contribution in [-0.4, -0.2) is 26.7 Å². The molecule has 0 bridgehead atoms. The Bertz CT molecular complexity index is 394. The second kappa shape index (κ2) is 4.69. The molecule has 2 nitrogen and oxygen atoms in total. The molecule has 1 aliphatic carbocycles. The van der Waals surface area contributed by atoms with E-state index in [-0.39, 0.29) is 0 Å². The van der Waals surface area contributed by atoms with Crippen molar-refractivity contribution in [2.24, 2.45) is 5.92 Å². The highest BCUT2D eigenvalue weighted by molar-refractivity contribution is 5.51. The van der Waals surface area contributed by atoms with Crippen molar-refractivity contribution < 1.29 is 0 Å². The fraction of sp³-hybridized carbons (Fsp3) is 0.600. The maximum atomic E-state index is 3.44. The number of hydrogen-bond donors (Lipinski definition) is 1. The van der Waals surface area contributed by atoms with E-state index in [4.69, 9.17) is 0 Å². The number of aryl methyl sites for hydroxylation is 2. The molecule has 1 saturated heterocycles. The number of nitrogens with one attached hydrogen (secondary N) is 1. The summed E-state index contributed by atoms with van der Waals surface area (Å²) in [6.45, 7) is 3.57. The van der Waals surface area contributed by atoms with Gasteiger partial charge in [0.1, 0.15) is 0 Å². The lowest BCUT2D eigenvalue weighted by molar-refractivity contribution is 0.578. The van der Waals surface area contributed by atoms with Gasteiger partial charge in [-0.2, -0.15) is 0 Å². The highest BCUT2D eigenvalue weighted by Gasteiger charge is 2.17. The number of benzene rings is 1. The monoisotopic (exact) mass is 230 g/mol. The molecule has 1 heterocycles. The molecule has 0 saturated carbocycles. The molecule has 2 heteroatoms. The van der Waals surface area contributed by atoms with E-state index in [9.17, 15) is 0 Å². The Morgan fingerprint density at radius 2 is 2.18 bits per heavy atom. The molecule has 0 spiro atoms. The minimum Gasteiger partial charge on any atom is -0.374 e. The lowest BCUT2D eigenvalue weighted by Gasteiger charge is -2.23. The van der Waals surface area contributed by atoms with Crippen LogP contribution in [0.15, 0.2) is 18.2 Å². The Hall–Kier alpha value is -1.02. The molecule has 0 radical (unpaired) electrons. The summed E-state index contributed by atoms with van der Waals surface area (Å²) in [6.07, 6.45) is 5.23. The SMILES string of the molecule is CN(CC1CCNC1)c1ccc2c(c1)CCC2. The first kappa shape index (κ1) is 11.1. The first-order valence-electron chi connectivity index (χ1n) is 6.86. The lowest BCUT2D eigenvalue weighted by atomic mass is 10.1. The Labute approximate surface area is 104 Å². The predicted octanol–water partition coefficient (Wildman–Crippen LogP) is 2.22. The molecule has 17 heavy (non-hydrogen) atoms. The van der Waals surface area contributed by atoms with E-state index in [1.807, 2.05) is 0 Å². The topological polar surface area (TPSA) is 15.3 Å². The standard InChI is InChI=1S/C15H22N2/c1-17(11-12-7-8-16-10-12)15-6-5-13-3-2-4-14(13)9-15/h5-6,9,12,16H,2-4,7-8,10-11H2,1H3. The predicted molar refractivity (Wildman–Crippen MR) is 72.7 cm³/mol. The van der Waals surface area contributed by atoms with Gasteiger partial charge in [-0.1, -0.05) is 6.07 Å². The summed E-state index contributed by atoms with van der Waals surface area (Å²) in [7, 11) is 2.23. The van der Waals surface area contributed by atoms with Gasteiger partial charge < -0.3 is 10.2 Å². The molecule has 1 aliphatic heterocycles. The highest BCUT2D eigenvalue weighted by Crippen LogP contribution is 2.27. The molecule has 1 fully saturated rings. The van der Waals surface area contributed by atoms with Crippen LogP contribution in [-0.2, 0) is 12.8 Å². The summed E-state index contributed by atoms with van der Waals surface area (Å²) in [4.78, 5) is 2.43. The third-order valence-corrected chi connectivity index (χ3v) is 4.22. The number of nitrogens with zero attached hydrogens (tertiary/aromatic N) is 1. The molecule has 3 rings (SSSR count). The first-order valence-corrected chi connectivity index (χ1v) is 6.86. The van der Waals surface area contributed by atoms with Gasteiger partial charge in [-0.25, -0.2) is 0 Å². The maximum absolute atomic E-state index is 3.44. The summed E-state index contributed by atoms with van der Waals surface area (Å²) in [5.74, 6) is 0.827. The highest BCUT2D eigenvalue weighted by atomic mass is 15.1. The van der Waals surface area contributed by atoms with E-state index in [0.29, 0.717) is 0 Å². The van der Waals surface area contributed by atoms with Crippen molar-refractivity contribution in [3.63, 3.8) is 0 Å². The minimum absolute atomic E-state index is 0.827. The van der Waals surface area contributed by atoms with E-state index in [2.05, 4.69) is 35.5 Å². The van der Waals surface area contributed by atoms with Gasteiger partial charge in [0.15, 0.2) is 0 Å². The summed E-state index contributed by atoms with van der Waals surface area (Å²) < 4.78 is 0. The normalized spacial score (nSPS) is 22.8. The number of hydrogen-bond acceptors (Lipinski definition) is 2. The lowest BCUT2D eigenvalue weighted by Crippen LogP contribution is -2.26. The van der Waals surface area contributed by atoms with Crippen LogP contribution in [0.25, 0.3) is 0 Å². The second-order valence-electron chi connectivity index (χ2n) is 5.55. The molecule has 1 aromatic rings. The van der Waals surface area contributed by atoms with E-state index < -0.39 is 0 Å². The van der Waals surface area contributed by atoms with Gasteiger partial charge in [-0.05, 0) is 68.0 Å².